The van der Waals surface area contributed by atoms with Crippen molar-refractivity contribution < 1.29 is 14.3 Å². The van der Waals surface area contributed by atoms with Crippen molar-refractivity contribution in [3.63, 3.8) is 0 Å². The quantitative estimate of drug-likeness (QED) is 0.901. The van der Waals surface area contributed by atoms with E-state index >= 15 is 0 Å². The first-order chi connectivity index (χ1) is 9.60. The molecule has 0 bridgehead atoms. The molecule has 1 aromatic heterocycles. The van der Waals surface area contributed by atoms with Gasteiger partial charge in [-0.1, -0.05) is 0 Å². The normalized spacial score (nSPS) is 16.0. The number of carbonyl (C=O) groups excluding carboxylic acids is 2. The van der Waals surface area contributed by atoms with Gasteiger partial charge >= 0.3 is 6.09 Å². The van der Waals surface area contributed by atoms with Gasteiger partial charge in [0.25, 0.3) is 5.91 Å². The summed E-state index contributed by atoms with van der Waals surface area (Å²) in [7, 11) is 0. The van der Waals surface area contributed by atoms with Gasteiger partial charge < -0.3 is 15.0 Å². The van der Waals surface area contributed by atoms with Crippen molar-refractivity contribution >= 4 is 39.3 Å². The highest BCUT2D eigenvalue weighted by atomic mass is 79.9. The highest BCUT2D eigenvalue weighted by Crippen LogP contribution is 2.21. The fourth-order valence-corrected chi connectivity index (χ4v) is 3.26. The summed E-state index contributed by atoms with van der Waals surface area (Å²) in [6.07, 6.45) is 1.25. The van der Waals surface area contributed by atoms with E-state index < -0.39 is 0 Å². The van der Waals surface area contributed by atoms with Crippen molar-refractivity contribution in [1.29, 1.82) is 0 Å². The molecule has 0 aliphatic carbocycles. The first-order valence-electron chi connectivity index (χ1n) is 6.56. The van der Waals surface area contributed by atoms with Gasteiger partial charge in [-0.3, -0.25) is 4.79 Å². The minimum atomic E-state index is -0.265. The first kappa shape index (κ1) is 15.3. The van der Waals surface area contributed by atoms with E-state index in [2.05, 4.69) is 21.2 Å². The molecule has 0 unspecified atom stereocenters. The minimum Gasteiger partial charge on any atom is -0.450 e. The molecule has 1 N–H and O–H groups in total. The van der Waals surface area contributed by atoms with Crippen LogP contribution in [0.3, 0.4) is 0 Å². The Kier molecular flexibility index (Phi) is 5.42. The third kappa shape index (κ3) is 3.96. The van der Waals surface area contributed by atoms with E-state index in [4.69, 9.17) is 4.74 Å². The SMILES string of the molecule is CCOC(=O)N1CCC(NC(=O)c2csc(Br)c2)CC1. The third-order valence-electron chi connectivity index (χ3n) is 3.19. The fourth-order valence-electron chi connectivity index (χ4n) is 2.12. The zero-order chi connectivity index (χ0) is 14.5. The van der Waals surface area contributed by atoms with Crippen molar-refractivity contribution in [2.24, 2.45) is 0 Å². The van der Waals surface area contributed by atoms with Gasteiger partial charge in [-0.15, -0.1) is 11.3 Å². The van der Waals surface area contributed by atoms with Gasteiger partial charge in [0.1, 0.15) is 0 Å². The Bertz CT molecular complexity index is 484. The Morgan fingerprint density at radius 2 is 2.20 bits per heavy atom. The largest absolute Gasteiger partial charge is 0.450 e. The van der Waals surface area contributed by atoms with E-state index in [0.717, 1.165) is 16.6 Å². The third-order valence-corrected chi connectivity index (χ3v) is 4.69. The van der Waals surface area contributed by atoms with Crippen LogP contribution in [0.2, 0.25) is 0 Å². The fraction of sp³-hybridized carbons (Fsp3) is 0.538. The number of ether oxygens (including phenoxy) is 1. The predicted octanol–water partition coefficient (Wildman–Crippen LogP) is 2.86. The maximum Gasteiger partial charge on any atom is 0.409 e. The van der Waals surface area contributed by atoms with Gasteiger partial charge in [-0.05, 0) is 41.8 Å². The van der Waals surface area contributed by atoms with E-state index in [9.17, 15) is 9.59 Å². The molecular formula is C13H17BrN2O3S. The van der Waals surface area contributed by atoms with E-state index in [0.29, 0.717) is 25.3 Å². The highest BCUT2D eigenvalue weighted by molar-refractivity contribution is 9.11. The van der Waals surface area contributed by atoms with E-state index in [1.54, 1.807) is 11.8 Å². The molecule has 1 saturated heterocycles. The Morgan fingerprint density at radius 3 is 2.75 bits per heavy atom. The molecule has 0 atom stereocenters. The molecule has 7 heteroatoms. The number of rotatable bonds is 3. The second-order valence-electron chi connectivity index (χ2n) is 4.57. The van der Waals surface area contributed by atoms with Crippen molar-refractivity contribution in [2.75, 3.05) is 19.7 Å². The topological polar surface area (TPSA) is 58.6 Å². The van der Waals surface area contributed by atoms with Crippen LogP contribution in [0.4, 0.5) is 4.79 Å². The summed E-state index contributed by atoms with van der Waals surface area (Å²) in [5, 5.41) is 4.83. The summed E-state index contributed by atoms with van der Waals surface area (Å²) in [5.74, 6) is -0.0541. The van der Waals surface area contributed by atoms with Gasteiger partial charge in [0.05, 0.1) is 16.0 Å². The van der Waals surface area contributed by atoms with E-state index in [-0.39, 0.29) is 18.0 Å². The molecule has 0 aromatic carbocycles. The number of amides is 2. The van der Waals surface area contributed by atoms with Crippen LogP contribution >= 0.6 is 27.3 Å². The lowest BCUT2D eigenvalue weighted by molar-refractivity contribution is 0.0860. The van der Waals surface area contributed by atoms with Crippen molar-refractivity contribution in [3.05, 3.63) is 20.8 Å². The van der Waals surface area contributed by atoms with Crippen LogP contribution in [-0.4, -0.2) is 42.6 Å². The van der Waals surface area contributed by atoms with Crippen LogP contribution < -0.4 is 5.32 Å². The molecule has 0 spiro atoms. The summed E-state index contributed by atoms with van der Waals surface area (Å²) in [6.45, 7) is 3.43. The van der Waals surface area contributed by atoms with Crippen molar-refractivity contribution in [2.45, 2.75) is 25.8 Å². The van der Waals surface area contributed by atoms with Crippen molar-refractivity contribution in [1.82, 2.24) is 10.2 Å². The van der Waals surface area contributed by atoms with Gasteiger partial charge in [0.15, 0.2) is 0 Å². The first-order valence-corrected chi connectivity index (χ1v) is 8.24. The Hall–Kier alpha value is -1.08. The number of hydrogen-bond acceptors (Lipinski definition) is 4. The van der Waals surface area contributed by atoms with Crippen LogP contribution in [0, 0.1) is 0 Å². The number of nitrogens with zero attached hydrogens (tertiary/aromatic N) is 1. The van der Waals surface area contributed by atoms with Crippen LogP contribution in [0.25, 0.3) is 0 Å². The molecule has 1 aliphatic rings. The molecule has 0 radical (unpaired) electrons. The number of carbonyl (C=O) groups is 2. The molecule has 1 aliphatic heterocycles. The number of hydrogen-bond donors (Lipinski definition) is 1. The number of piperidine rings is 1. The maximum atomic E-state index is 12.0. The van der Waals surface area contributed by atoms with E-state index in [1.807, 2.05) is 11.4 Å². The molecule has 1 aromatic rings. The van der Waals surface area contributed by atoms with Crippen molar-refractivity contribution in [3.8, 4) is 0 Å². The lowest BCUT2D eigenvalue weighted by Crippen LogP contribution is -2.46. The lowest BCUT2D eigenvalue weighted by Gasteiger charge is -2.31. The number of thiophene rings is 1. The molecule has 2 amide bonds. The second kappa shape index (κ2) is 7.08. The van der Waals surface area contributed by atoms with Gasteiger partial charge in [0, 0.05) is 24.5 Å². The number of nitrogens with one attached hydrogen (secondary N) is 1. The molecule has 2 heterocycles. The van der Waals surface area contributed by atoms with Crippen LogP contribution in [0.15, 0.2) is 15.2 Å². The molecule has 2 rings (SSSR count). The van der Waals surface area contributed by atoms with Crippen LogP contribution in [0.5, 0.6) is 0 Å². The number of likely N-dealkylation sites (tertiary alicyclic amines) is 1. The monoisotopic (exact) mass is 360 g/mol. The lowest BCUT2D eigenvalue weighted by atomic mass is 10.1. The molecule has 1 fully saturated rings. The molecule has 5 nitrogen and oxygen atoms in total. The summed E-state index contributed by atoms with van der Waals surface area (Å²) >= 11 is 4.84. The van der Waals surface area contributed by atoms with Crippen LogP contribution in [-0.2, 0) is 4.74 Å². The minimum absolute atomic E-state index is 0.0541. The Morgan fingerprint density at radius 1 is 1.50 bits per heavy atom. The zero-order valence-corrected chi connectivity index (χ0v) is 13.6. The summed E-state index contributed by atoms with van der Waals surface area (Å²) in [5.41, 5.74) is 0.676. The number of halogens is 1. The average Bonchev–Trinajstić information content (AvgIpc) is 2.86. The van der Waals surface area contributed by atoms with Gasteiger partial charge in [0.2, 0.25) is 0 Å². The molecule has 110 valence electrons. The predicted molar refractivity (Wildman–Crippen MR) is 81.1 cm³/mol. The van der Waals surface area contributed by atoms with Crippen LogP contribution in [0.1, 0.15) is 30.1 Å². The summed E-state index contributed by atoms with van der Waals surface area (Å²) in [6, 6.07) is 1.93. The van der Waals surface area contributed by atoms with Gasteiger partial charge in [-0.25, -0.2) is 4.79 Å². The Labute approximate surface area is 130 Å². The standard InChI is InChI=1S/C13H17BrN2O3S/c1-2-19-13(18)16-5-3-10(4-6-16)15-12(17)9-7-11(14)20-8-9/h7-8,10H,2-6H2,1H3,(H,15,17). The smallest absolute Gasteiger partial charge is 0.409 e. The average molecular weight is 361 g/mol. The molecular weight excluding hydrogens is 344 g/mol. The zero-order valence-electron chi connectivity index (χ0n) is 11.2. The summed E-state index contributed by atoms with van der Waals surface area (Å²) < 4.78 is 5.91. The Balaban J connectivity index is 1.80. The molecule has 0 saturated carbocycles. The highest BCUT2D eigenvalue weighted by Gasteiger charge is 2.24. The summed E-state index contributed by atoms with van der Waals surface area (Å²) in [4.78, 5) is 25.3. The second-order valence-corrected chi connectivity index (χ2v) is 6.86. The van der Waals surface area contributed by atoms with Gasteiger partial charge in [-0.2, -0.15) is 0 Å². The molecule has 20 heavy (non-hydrogen) atoms. The maximum absolute atomic E-state index is 12.0. The van der Waals surface area contributed by atoms with E-state index in [1.165, 1.54) is 11.3 Å².